The third-order valence-electron chi connectivity index (χ3n) is 3.83. The van der Waals surface area contributed by atoms with Gasteiger partial charge in [-0.1, -0.05) is 24.3 Å². The molecule has 4 rings (SSSR count). The van der Waals surface area contributed by atoms with Gasteiger partial charge in [0.15, 0.2) is 0 Å². The van der Waals surface area contributed by atoms with E-state index in [1.807, 2.05) is 6.07 Å². The van der Waals surface area contributed by atoms with Gasteiger partial charge in [0.2, 0.25) is 0 Å². The highest BCUT2D eigenvalue weighted by atomic mass is 32.1. The van der Waals surface area contributed by atoms with Crippen LogP contribution >= 0.6 is 11.3 Å². The van der Waals surface area contributed by atoms with Crippen molar-refractivity contribution < 1.29 is 4.74 Å². The van der Waals surface area contributed by atoms with Crippen molar-refractivity contribution in [3.63, 3.8) is 0 Å². The van der Waals surface area contributed by atoms with E-state index in [1.54, 1.807) is 11.3 Å². The second-order valence-corrected chi connectivity index (χ2v) is 6.20. The molecule has 0 atom stereocenters. The van der Waals surface area contributed by atoms with E-state index in [-0.39, 0.29) is 0 Å². The van der Waals surface area contributed by atoms with Crippen LogP contribution in [0.3, 0.4) is 0 Å². The largest absolute Gasteiger partial charge is 0.490 e. The second kappa shape index (κ2) is 5.46. The van der Waals surface area contributed by atoms with E-state index in [1.165, 1.54) is 11.1 Å². The lowest BCUT2D eigenvalue weighted by molar-refractivity contribution is 0.323. The molecule has 0 saturated heterocycles. The topological polar surface area (TPSA) is 34.2 Å². The number of benzene rings is 2. The smallest absolute Gasteiger partial charge is 0.142 e. The van der Waals surface area contributed by atoms with Crippen LogP contribution in [-0.4, -0.2) is 18.1 Å². The predicted octanol–water partition coefficient (Wildman–Crippen LogP) is 4.59. The summed E-state index contributed by atoms with van der Waals surface area (Å²) in [4.78, 5) is 4.81. The summed E-state index contributed by atoms with van der Waals surface area (Å²) in [6, 6.07) is 14.6. The lowest BCUT2D eigenvalue weighted by Gasteiger charge is -2.19. The van der Waals surface area contributed by atoms with Gasteiger partial charge in [0, 0.05) is 23.1 Å². The quantitative estimate of drug-likeness (QED) is 0.752. The van der Waals surface area contributed by atoms with Crippen LogP contribution in [0, 0.1) is 6.92 Å². The molecule has 3 nitrogen and oxygen atoms in total. The minimum atomic E-state index is 0.723. The summed E-state index contributed by atoms with van der Waals surface area (Å²) < 4.78 is 5.62. The second-order valence-electron chi connectivity index (χ2n) is 5.34. The summed E-state index contributed by atoms with van der Waals surface area (Å²) >= 11 is 1.69. The maximum absolute atomic E-state index is 5.62. The lowest BCUT2D eigenvalue weighted by atomic mass is 10.1. The Morgan fingerprint density at radius 2 is 2.09 bits per heavy atom. The minimum absolute atomic E-state index is 0.723. The van der Waals surface area contributed by atoms with Crippen LogP contribution in [-0.2, 0) is 0 Å². The van der Waals surface area contributed by atoms with Gasteiger partial charge in [-0.25, -0.2) is 4.98 Å². The number of aromatic nitrogens is 1. The van der Waals surface area contributed by atoms with Crippen molar-refractivity contribution in [2.24, 2.45) is 0 Å². The summed E-state index contributed by atoms with van der Waals surface area (Å²) in [5.41, 5.74) is 5.64. The van der Waals surface area contributed by atoms with Crippen LogP contribution in [0.25, 0.3) is 21.8 Å². The van der Waals surface area contributed by atoms with E-state index in [4.69, 9.17) is 9.72 Å². The Morgan fingerprint density at radius 3 is 3.00 bits per heavy atom. The van der Waals surface area contributed by atoms with Gasteiger partial charge in [0.25, 0.3) is 0 Å². The van der Waals surface area contributed by atoms with Gasteiger partial charge in [0.1, 0.15) is 17.4 Å². The van der Waals surface area contributed by atoms with Crippen LogP contribution in [0.4, 0.5) is 5.69 Å². The fraction of sp³-hybridized carbons (Fsp3) is 0.167. The molecule has 110 valence electrons. The average Bonchev–Trinajstić information content (AvgIpc) is 3.04. The van der Waals surface area contributed by atoms with E-state index in [9.17, 15) is 0 Å². The highest BCUT2D eigenvalue weighted by Gasteiger charge is 2.13. The average molecular weight is 308 g/mol. The highest BCUT2D eigenvalue weighted by Crippen LogP contribution is 2.35. The Balaban J connectivity index is 1.71. The normalized spacial score (nSPS) is 13.1. The van der Waals surface area contributed by atoms with Gasteiger partial charge in [-0.3, -0.25) is 0 Å². The summed E-state index contributed by atoms with van der Waals surface area (Å²) in [6.07, 6.45) is 0. The summed E-state index contributed by atoms with van der Waals surface area (Å²) in [5, 5.41) is 6.55. The molecule has 2 heterocycles. The lowest BCUT2D eigenvalue weighted by Crippen LogP contribution is -2.17. The van der Waals surface area contributed by atoms with Crippen molar-refractivity contribution in [1.29, 1.82) is 0 Å². The number of hydrogen-bond acceptors (Lipinski definition) is 4. The Labute approximate surface area is 133 Å². The molecule has 4 heteroatoms. The van der Waals surface area contributed by atoms with Crippen LogP contribution in [0.2, 0.25) is 0 Å². The predicted molar refractivity (Wildman–Crippen MR) is 91.7 cm³/mol. The van der Waals surface area contributed by atoms with E-state index in [0.717, 1.165) is 40.9 Å². The molecule has 2 aromatic carbocycles. The summed E-state index contributed by atoms with van der Waals surface area (Å²) in [5.74, 6) is 0.921. The monoisotopic (exact) mass is 308 g/mol. The maximum Gasteiger partial charge on any atom is 0.142 e. The number of ether oxygens (including phenoxy) is 1. The third-order valence-corrected chi connectivity index (χ3v) is 4.71. The van der Waals surface area contributed by atoms with Crippen molar-refractivity contribution in [3.05, 3.63) is 53.4 Å². The van der Waals surface area contributed by atoms with Crippen molar-refractivity contribution in [3.8, 4) is 27.6 Å². The fourth-order valence-electron chi connectivity index (χ4n) is 2.64. The molecular weight excluding hydrogens is 292 g/mol. The van der Waals surface area contributed by atoms with Crippen LogP contribution in [0.1, 0.15) is 5.56 Å². The van der Waals surface area contributed by atoms with Gasteiger partial charge in [-0.15, -0.1) is 11.3 Å². The molecule has 0 aliphatic carbocycles. The Kier molecular flexibility index (Phi) is 3.31. The van der Waals surface area contributed by atoms with E-state index in [2.05, 4.69) is 54.0 Å². The molecule has 0 saturated carbocycles. The Hall–Kier alpha value is -2.33. The number of thiazole rings is 1. The van der Waals surface area contributed by atoms with Gasteiger partial charge >= 0.3 is 0 Å². The van der Waals surface area contributed by atoms with Gasteiger partial charge in [-0.05, 0) is 30.7 Å². The summed E-state index contributed by atoms with van der Waals surface area (Å²) in [6.45, 7) is 3.69. The zero-order valence-electron chi connectivity index (χ0n) is 12.3. The first-order valence-corrected chi connectivity index (χ1v) is 8.22. The van der Waals surface area contributed by atoms with Crippen molar-refractivity contribution in [2.45, 2.75) is 6.92 Å². The van der Waals surface area contributed by atoms with Gasteiger partial charge < -0.3 is 10.1 Å². The van der Waals surface area contributed by atoms with Gasteiger partial charge in [-0.2, -0.15) is 0 Å². The number of hydrogen-bond donors (Lipinski definition) is 1. The third kappa shape index (κ3) is 2.35. The van der Waals surface area contributed by atoms with E-state index in [0.29, 0.717) is 0 Å². The van der Waals surface area contributed by atoms with Gasteiger partial charge in [0.05, 0.1) is 11.4 Å². The van der Waals surface area contributed by atoms with Crippen LogP contribution < -0.4 is 10.1 Å². The first-order valence-electron chi connectivity index (χ1n) is 7.34. The number of aryl methyl sites for hydroxylation is 1. The summed E-state index contributed by atoms with van der Waals surface area (Å²) in [7, 11) is 0. The molecule has 0 bridgehead atoms. The van der Waals surface area contributed by atoms with E-state index < -0.39 is 0 Å². The number of nitrogens with zero attached hydrogens (tertiary/aromatic N) is 1. The molecule has 0 radical (unpaired) electrons. The molecule has 0 unspecified atom stereocenters. The molecule has 0 spiro atoms. The van der Waals surface area contributed by atoms with Crippen LogP contribution in [0.5, 0.6) is 5.75 Å². The first kappa shape index (κ1) is 13.3. The van der Waals surface area contributed by atoms with Crippen molar-refractivity contribution >= 4 is 17.0 Å². The molecule has 1 aliphatic rings. The Morgan fingerprint density at radius 1 is 1.18 bits per heavy atom. The zero-order chi connectivity index (χ0) is 14.9. The first-order chi connectivity index (χ1) is 10.8. The molecular formula is C18H16N2OS. The highest BCUT2D eigenvalue weighted by molar-refractivity contribution is 7.13. The number of nitrogens with one attached hydrogen (secondary N) is 1. The molecule has 1 aromatic heterocycles. The SMILES string of the molecule is Cc1ccccc1-c1nc(-c2ccc3c(c2)NCCO3)cs1. The van der Waals surface area contributed by atoms with Crippen molar-refractivity contribution in [1.82, 2.24) is 4.98 Å². The Bertz CT molecular complexity index is 825. The fourth-order valence-corrected chi connectivity index (χ4v) is 3.56. The molecule has 0 amide bonds. The van der Waals surface area contributed by atoms with Crippen molar-refractivity contribution in [2.75, 3.05) is 18.5 Å². The molecule has 0 fully saturated rings. The van der Waals surface area contributed by atoms with E-state index >= 15 is 0 Å². The molecule has 3 aromatic rings. The molecule has 1 N–H and O–H groups in total. The van der Waals surface area contributed by atoms with Crippen LogP contribution in [0.15, 0.2) is 47.8 Å². The standard InChI is InChI=1S/C18H16N2OS/c1-12-4-2-3-5-14(12)18-20-16(11-22-18)13-6-7-17-15(10-13)19-8-9-21-17/h2-7,10-11,19H,8-9H2,1H3. The molecule has 1 aliphatic heterocycles. The number of rotatable bonds is 2. The molecule has 22 heavy (non-hydrogen) atoms. The number of anilines is 1. The minimum Gasteiger partial charge on any atom is -0.490 e. The number of fused-ring (bicyclic) bond motifs is 1. The maximum atomic E-state index is 5.62. The zero-order valence-corrected chi connectivity index (χ0v) is 13.1.